The summed E-state index contributed by atoms with van der Waals surface area (Å²) in [7, 11) is 0. The van der Waals surface area contributed by atoms with Crippen molar-refractivity contribution in [3.8, 4) is 0 Å². The Kier molecular flexibility index (Phi) is 3.25. The second-order valence-corrected chi connectivity index (χ2v) is 4.58. The largest absolute Gasteiger partial charge is 0.611 e. The Morgan fingerprint density at radius 3 is 3.10 bits per heavy atom. The van der Waals surface area contributed by atoms with Crippen LogP contribution in [0.2, 0.25) is 0 Å². The van der Waals surface area contributed by atoms with Crippen LogP contribution in [0.1, 0.15) is 13.3 Å². The van der Waals surface area contributed by atoms with Crippen molar-refractivity contribution in [2.24, 2.45) is 0 Å². The molecular formula is C7H9OS2. The zero-order chi connectivity index (χ0) is 7.40. The van der Waals surface area contributed by atoms with E-state index in [4.69, 9.17) is 0 Å². The third-order valence-corrected chi connectivity index (χ3v) is 3.80. The Morgan fingerprint density at radius 1 is 1.80 bits per heavy atom. The highest BCUT2D eigenvalue weighted by Crippen LogP contribution is 2.16. The fourth-order valence-corrected chi connectivity index (χ4v) is 2.63. The smallest absolute Gasteiger partial charge is 0.214 e. The van der Waals surface area contributed by atoms with E-state index in [1.165, 1.54) is 11.3 Å². The first-order valence-electron chi connectivity index (χ1n) is 3.18. The van der Waals surface area contributed by atoms with Crippen molar-refractivity contribution in [3.05, 3.63) is 17.5 Å². The van der Waals surface area contributed by atoms with Gasteiger partial charge in [0.25, 0.3) is 0 Å². The predicted octanol–water partition coefficient (Wildman–Crippen LogP) is 2.07. The van der Waals surface area contributed by atoms with E-state index in [0.717, 1.165) is 16.4 Å². The number of hydrogen-bond acceptors (Lipinski definition) is 2. The van der Waals surface area contributed by atoms with Crippen LogP contribution in [-0.4, -0.2) is 10.3 Å². The summed E-state index contributed by atoms with van der Waals surface area (Å²) in [6.45, 7) is 2.03. The van der Waals surface area contributed by atoms with Gasteiger partial charge < -0.3 is 4.55 Å². The van der Waals surface area contributed by atoms with Crippen molar-refractivity contribution in [2.45, 2.75) is 17.6 Å². The van der Waals surface area contributed by atoms with Gasteiger partial charge in [0.15, 0.2) is 0 Å². The highest BCUT2D eigenvalue weighted by molar-refractivity contribution is 7.93. The normalized spacial score (nSPS) is 13.4. The quantitative estimate of drug-likeness (QED) is 0.642. The van der Waals surface area contributed by atoms with Crippen LogP contribution in [0.25, 0.3) is 0 Å². The molecule has 0 aliphatic heterocycles. The number of hydrogen-bond donors (Lipinski definition) is 0. The molecule has 1 radical (unpaired) electrons. The average molecular weight is 173 g/mol. The molecule has 1 aromatic rings. The standard InChI is InChI=1S/C7H9OS2/c1-2-6-10(8)7-4-3-5-9-7/h3,5H,2,6H2,1H3. The molecule has 0 N–H and O–H groups in total. The zero-order valence-electron chi connectivity index (χ0n) is 5.79. The van der Waals surface area contributed by atoms with E-state index in [9.17, 15) is 4.55 Å². The predicted molar refractivity (Wildman–Crippen MR) is 44.7 cm³/mol. The Hall–Kier alpha value is 0.01000. The molecule has 1 heterocycles. The summed E-state index contributed by atoms with van der Waals surface area (Å²) >= 11 is 0.726. The van der Waals surface area contributed by atoms with E-state index < -0.39 is 11.2 Å². The minimum Gasteiger partial charge on any atom is -0.611 e. The van der Waals surface area contributed by atoms with Gasteiger partial charge in [-0.1, -0.05) is 18.3 Å². The lowest BCUT2D eigenvalue weighted by molar-refractivity contribution is 0.595. The van der Waals surface area contributed by atoms with Crippen LogP contribution in [-0.2, 0) is 11.2 Å². The highest BCUT2D eigenvalue weighted by Gasteiger charge is 2.09. The summed E-state index contributed by atoms with van der Waals surface area (Å²) in [5.74, 6) is 0.761. The second kappa shape index (κ2) is 4.01. The average Bonchev–Trinajstić information content (AvgIpc) is 2.38. The first kappa shape index (κ1) is 8.11. The van der Waals surface area contributed by atoms with Gasteiger partial charge in [-0.05, 0) is 29.0 Å². The third kappa shape index (κ3) is 2.01. The van der Waals surface area contributed by atoms with E-state index >= 15 is 0 Å². The maximum atomic E-state index is 11.2. The molecule has 0 aromatic carbocycles. The molecule has 0 amide bonds. The lowest BCUT2D eigenvalue weighted by Gasteiger charge is -2.04. The molecule has 1 nitrogen and oxygen atoms in total. The van der Waals surface area contributed by atoms with Gasteiger partial charge in [-0.2, -0.15) is 0 Å². The van der Waals surface area contributed by atoms with Crippen LogP contribution in [0.4, 0.5) is 0 Å². The fraction of sp³-hybridized carbons (Fsp3) is 0.429. The van der Waals surface area contributed by atoms with Gasteiger partial charge in [0, 0.05) is 0 Å². The molecule has 0 aliphatic rings. The minimum absolute atomic E-state index is 0.761. The second-order valence-electron chi connectivity index (χ2n) is 1.90. The first-order valence-corrected chi connectivity index (χ1v) is 5.38. The van der Waals surface area contributed by atoms with E-state index in [1.54, 1.807) is 0 Å². The summed E-state index contributed by atoms with van der Waals surface area (Å²) in [6, 6.07) is 4.75. The summed E-state index contributed by atoms with van der Waals surface area (Å²) < 4.78 is 12.1. The van der Waals surface area contributed by atoms with Crippen molar-refractivity contribution in [1.29, 1.82) is 0 Å². The molecule has 1 unspecified atom stereocenters. The molecule has 10 heavy (non-hydrogen) atoms. The molecule has 1 atom stereocenters. The van der Waals surface area contributed by atoms with Gasteiger partial charge in [0.1, 0.15) is 5.75 Å². The summed E-state index contributed by atoms with van der Waals surface area (Å²) in [5, 5.41) is 1.91. The van der Waals surface area contributed by atoms with Gasteiger partial charge in [0.2, 0.25) is 4.21 Å². The van der Waals surface area contributed by atoms with Crippen molar-refractivity contribution in [1.82, 2.24) is 0 Å². The SMILES string of the molecule is CCC[S+]([O-])c1[c]ccs1. The molecule has 55 valence electrons. The fourth-order valence-electron chi connectivity index (χ4n) is 0.629. The molecule has 1 rings (SSSR count). The van der Waals surface area contributed by atoms with E-state index in [-0.39, 0.29) is 0 Å². The number of rotatable bonds is 3. The highest BCUT2D eigenvalue weighted by atomic mass is 32.2. The molecule has 0 bridgehead atoms. The van der Waals surface area contributed by atoms with Gasteiger partial charge in [0.05, 0.1) is 6.07 Å². The van der Waals surface area contributed by atoms with Crippen molar-refractivity contribution in [2.75, 3.05) is 5.75 Å². The van der Waals surface area contributed by atoms with Crippen molar-refractivity contribution >= 4 is 22.5 Å². The van der Waals surface area contributed by atoms with Crippen LogP contribution < -0.4 is 0 Å². The van der Waals surface area contributed by atoms with Crippen LogP contribution in [0.5, 0.6) is 0 Å². The molecule has 0 spiro atoms. The van der Waals surface area contributed by atoms with Gasteiger partial charge >= 0.3 is 0 Å². The minimum atomic E-state index is -0.789. The van der Waals surface area contributed by atoms with Crippen LogP contribution in [0.3, 0.4) is 0 Å². The monoisotopic (exact) mass is 173 g/mol. The van der Waals surface area contributed by atoms with Gasteiger partial charge in [-0.15, -0.1) is 0 Å². The van der Waals surface area contributed by atoms with Crippen LogP contribution in [0, 0.1) is 6.07 Å². The van der Waals surface area contributed by atoms with E-state index in [2.05, 4.69) is 6.07 Å². The first-order chi connectivity index (χ1) is 4.84. The Morgan fingerprint density at radius 2 is 2.60 bits per heavy atom. The molecule has 0 aliphatic carbocycles. The number of thiophene rings is 1. The maximum Gasteiger partial charge on any atom is 0.214 e. The topological polar surface area (TPSA) is 23.1 Å². The Balaban J connectivity index is 2.50. The molecular weight excluding hydrogens is 164 g/mol. The van der Waals surface area contributed by atoms with Crippen molar-refractivity contribution < 1.29 is 4.55 Å². The molecule has 3 heteroatoms. The van der Waals surface area contributed by atoms with Crippen LogP contribution >= 0.6 is 11.3 Å². The van der Waals surface area contributed by atoms with Crippen LogP contribution in [0.15, 0.2) is 15.7 Å². The molecule has 0 saturated heterocycles. The van der Waals surface area contributed by atoms with E-state index in [0.29, 0.717) is 0 Å². The lowest BCUT2D eigenvalue weighted by Crippen LogP contribution is -2.03. The molecule has 0 saturated carbocycles. The van der Waals surface area contributed by atoms with Gasteiger partial charge in [-0.25, -0.2) is 0 Å². The summed E-state index contributed by atoms with van der Waals surface area (Å²) in [4.78, 5) is 0. The Bertz CT molecular complexity index is 172. The lowest BCUT2D eigenvalue weighted by atomic mass is 10.6. The van der Waals surface area contributed by atoms with Crippen molar-refractivity contribution in [3.63, 3.8) is 0 Å². The molecule has 0 fully saturated rings. The third-order valence-electron chi connectivity index (χ3n) is 1.04. The zero-order valence-corrected chi connectivity index (χ0v) is 7.43. The maximum absolute atomic E-state index is 11.2. The van der Waals surface area contributed by atoms with E-state index in [1.807, 2.05) is 18.4 Å². The van der Waals surface area contributed by atoms with Gasteiger partial charge in [-0.3, -0.25) is 0 Å². The summed E-state index contributed by atoms with van der Waals surface area (Å²) in [5.41, 5.74) is 0. The Labute approximate surface area is 68.3 Å². The summed E-state index contributed by atoms with van der Waals surface area (Å²) in [6.07, 6.45) is 0.971. The molecule has 1 aromatic heterocycles.